The second-order valence-corrected chi connectivity index (χ2v) is 6.26. The molecule has 0 aromatic heterocycles. The summed E-state index contributed by atoms with van der Waals surface area (Å²) in [6.45, 7) is 0.669. The summed E-state index contributed by atoms with van der Waals surface area (Å²) in [5.41, 5.74) is -0.695. The molecule has 0 spiro atoms. The molecule has 0 aliphatic carbocycles. The number of hydrogen-bond donors (Lipinski definition) is 2. The Morgan fingerprint density at radius 3 is 2.86 bits per heavy atom. The molecule has 1 aromatic carbocycles. The molecule has 0 bridgehead atoms. The molecule has 2 rings (SSSR count). The van der Waals surface area contributed by atoms with Crippen molar-refractivity contribution in [2.75, 3.05) is 19.6 Å². The summed E-state index contributed by atoms with van der Waals surface area (Å²) >= 11 is 0. The van der Waals surface area contributed by atoms with E-state index in [0.29, 0.717) is 6.54 Å². The van der Waals surface area contributed by atoms with E-state index in [1.165, 1.54) is 0 Å². The number of benzene rings is 1. The highest BCUT2D eigenvalue weighted by molar-refractivity contribution is 7.89. The first-order valence-corrected chi connectivity index (χ1v) is 7.41. The van der Waals surface area contributed by atoms with Crippen molar-refractivity contribution < 1.29 is 18.4 Å². The minimum atomic E-state index is -4.04. The van der Waals surface area contributed by atoms with Crippen LogP contribution < -0.4 is 5.32 Å². The number of sulfonamides is 1. The Morgan fingerprint density at radius 1 is 1.52 bits per heavy atom. The van der Waals surface area contributed by atoms with Gasteiger partial charge >= 0.3 is 5.69 Å². The van der Waals surface area contributed by atoms with E-state index < -0.39 is 32.4 Å². The summed E-state index contributed by atoms with van der Waals surface area (Å²) in [7, 11) is -4.04. The van der Waals surface area contributed by atoms with Crippen molar-refractivity contribution in [2.24, 2.45) is 0 Å². The average molecular weight is 312 g/mol. The van der Waals surface area contributed by atoms with Crippen molar-refractivity contribution in [3.05, 3.63) is 28.3 Å². The van der Waals surface area contributed by atoms with Gasteiger partial charge in [-0.1, -0.05) is 0 Å². The van der Waals surface area contributed by atoms with Gasteiger partial charge in [-0.15, -0.1) is 0 Å². The first-order chi connectivity index (χ1) is 9.87. The van der Waals surface area contributed by atoms with Crippen molar-refractivity contribution in [3.63, 3.8) is 0 Å². The Morgan fingerprint density at radius 2 is 2.24 bits per heavy atom. The highest BCUT2D eigenvalue weighted by Crippen LogP contribution is 2.30. The van der Waals surface area contributed by atoms with Crippen molar-refractivity contribution in [1.82, 2.24) is 9.62 Å². The van der Waals surface area contributed by atoms with Crippen LogP contribution in [0.5, 0.6) is 5.75 Å². The highest BCUT2D eigenvalue weighted by atomic mass is 32.2. The molecule has 112 valence electrons. The Labute approximate surface area is 120 Å². The lowest BCUT2D eigenvalue weighted by Gasteiger charge is -2.30. The van der Waals surface area contributed by atoms with Crippen LogP contribution in [0.4, 0.5) is 5.69 Å². The molecule has 9 nitrogen and oxygen atoms in total. The monoisotopic (exact) mass is 312 g/mol. The Hall–Kier alpha value is -2.22. The molecule has 2 N–H and O–H groups in total. The second-order valence-electron chi connectivity index (χ2n) is 4.37. The molecule has 1 heterocycles. The molecule has 0 amide bonds. The molecule has 1 saturated heterocycles. The number of nitro benzene ring substituents is 1. The van der Waals surface area contributed by atoms with E-state index in [9.17, 15) is 23.6 Å². The summed E-state index contributed by atoms with van der Waals surface area (Å²) in [6, 6.07) is 3.82. The molecule has 1 fully saturated rings. The molecule has 0 saturated carbocycles. The normalized spacial score (nSPS) is 19.9. The Kier molecular flexibility index (Phi) is 4.08. The van der Waals surface area contributed by atoms with Crippen LogP contribution in [-0.4, -0.2) is 48.4 Å². The van der Waals surface area contributed by atoms with Crippen molar-refractivity contribution in [2.45, 2.75) is 10.9 Å². The minimum absolute atomic E-state index is 0.0925. The second kappa shape index (κ2) is 5.65. The maximum atomic E-state index is 12.5. The average Bonchev–Trinajstić information content (AvgIpc) is 2.47. The third kappa shape index (κ3) is 2.80. The number of nitro groups is 1. The van der Waals surface area contributed by atoms with Gasteiger partial charge in [0.05, 0.1) is 15.9 Å². The van der Waals surface area contributed by atoms with Crippen LogP contribution in [0.2, 0.25) is 0 Å². The first kappa shape index (κ1) is 15.2. The van der Waals surface area contributed by atoms with Gasteiger partial charge in [-0.05, 0) is 12.1 Å². The fraction of sp³-hybridized carbons (Fsp3) is 0.364. The zero-order chi connectivity index (χ0) is 15.6. The van der Waals surface area contributed by atoms with E-state index in [0.717, 1.165) is 22.5 Å². The standard InChI is InChI=1S/C11H12N4O5S/c12-6-8-7-13-3-4-14(8)21(19,20)9-1-2-11(16)10(5-9)15(17)18/h1-2,5,8,13,16H,3-4,7H2. The minimum Gasteiger partial charge on any atom is -0.502 e. The lowest BCUT2D eigenvalue weighted by molar-refractivity contribution is -0.386. The molecule has 1 atom stereocenters. The fourth-order valence-electron chi connectivity index (χ4n) is 2.03. The van der Waals surface area contributed by atoms with Gasteiger partial charge in [-0.3, -0.25) is 10.1 Å². The van der Waals surface area contributed by atoms with E-state index in [2.05, 4.69) is 5.32 Å². The van der Waals surface area contributed by atoms with Gasteiger partial charge in [0.1, 0.15) is 6.04 Å². The number of hydrogen-bond acceptors (Lipinski definition) is 7. The van der Waals surface area contributed by atoms with Gasteiger partial charge in [0.2, 0.25) is 10.0 Å². The number of piperazine rings is 1. The predicted molar refractivity (Wildman–Crippen MR) is 70.9 cm³/mol. The van der Waals surface area contributed by atoms with Crippen LogP contribution in [0.25, 0.3) is 0 Å². The van der Waals surface area contributed by atoms with Crippen LogP contribution in [0.1, 0.15) is 0 Å². The summed E-state index contributed by atoms with van der Waals surface area (Å²) in [4.78, 5) is 9.58. The largest absolute Gasteiger partial charge is 0.502 e. The predicted octanol–water partition coefficient (Wildman–Crippen LogP) is -0.214. The van der Waals surface area contributed by atoms with E-state index in [4.69, 9.17) is 5.26 Å². The van der Waals surface area contributed by atoms with E-state index >= 15 is 0 Å². The first-order valence-electron chi connectivity index (χ1n) is 5.97. The van der Waals surface area contributed by atoms with Gasteiger partial charge in [-0.2, -0.15) is 9.57 Å². The molecule has 1 aromatic rings. The lowest BCUT2D eigenvalue weighted by atomic mass is 10.3. The quantitative estimate of drug-likeness (QED) is 0.581. The maximum Gasteiger partial charge on any atom is 0.312 e. The summed E-state index contributed by atoms with van der Waals surface area (Å²) in [5.74, 6) is -0.615. The third-order valence-corrected chi connectivity index (χ3v) is 5.00. The number of nitriles is 1. The van der Waals surface area contributed by atoms with Crippen molar-refractivity contribution in [3.8, 4) is 11.8 Å². The van der Waals surface area contributed by atoms with E-state index in [-0.39, 0.29) is 18.0 Å². The molecular weight excluding hydrogens is 300 g/mol. The molecule has 1 aliphatic heterocycles. The van der Waals surface area contributed by atoms with Gasteiger partial charge in [0.25, 0.3) is 0 Å². The number of rotatable bonds is 3. The van der Waals surface area contributed by atoms with E-state index in [1.807, 2.05) is 6.07 Å². The van der Waals surface area contributed by atoms with E-state index in [1.54, 1.807) is 0 Å². The molecule has 1 aliphatic rings. The zero-order valence-corrected chi connectivity index (χ0v) is 11.6. The number of phenols is 1. The van der Waals surface area contributed by atoms with Crippen molar-refractivity contribution >= 4 is 15.7 Å². The molecule has 1 unspecified atom stereocenters. The van der Waals surface area contributed by atoms with Gasteiger partial charge < -0.3 is 10.4 Å². The molecule has 0 radical (unpaired) electrons. The SMILES string of the molecule is N#CC1CNCCN1S(=O)(=O)c1ccc(O)c([N+](=O)[O-])c1. The lowest BCUT2D eigenvalue weighted by Crippen LogP contribution is -2.52. The van der Waals surface area contributed by atoms with Crippen molar-refractivity contribution in [1.29, 1.82) is 5.26 Å². The van der Waals surface area contributed by atoms with Gasteiger partial charge in [0.15, 0.2) is 5.75 Å². The number of nitrogens with zero attached hydrogens (tertiary/aromatic N) is 3. The molecule has 21 heavy (non-hydrogen) atoms. The van der Waals surface area contributed by atoms with Crippen LogP contribution in [-0.2, 0) is 10.0 Å². The summed E-state index contributed by atoms with van der Waals surface area (Å²) < 4.78 is 26.0. The zero-order valence-electron chi connectivity index (χ0n) is 10.8. The topological polar surface area (TPSA) is 137 Å². The summed E-state index contributed by atoms with van der Waals surface area (Å²) in [5, 5.41) is 32.1. The summed E-state index contributed by atoms with van der Waals surface area (Å²) in [6.07, 6.45) is 0. The van der Waals surface area contributed by atoms with Gasteiger partial charge in [0, 0.05) is 25.7 Å². The van der Waals surface area contributed by atoms with Crippen LogP contribution in [0.3, 0.4) is 0 Å². The number of nitrogens with one attached hydrogen (secondary N) is 1. The number of phenolic OH excluding ortho intramolecular Hbond substituents is 1. The molecular formula is C11H12N4O5S. The van der Waals surface area contributed by atoms with Crippen LogP contribution >= 0.6 is 0 Å². The highest BCUT2D eigenvalue weighted by Gasteiger charge is 2.34. The van der Waals surface area contributed by atoms with Crippen LogP contribution in [0, 0.1) is 21.4 Å². The fourth-order valence-corrected chi connectivity index (χ4v) is 3.59. The Bertz CT molecular complexity index is 712. The van der Waals surface area contributed by atoms with Crippen LogP contribution in [0.15, 0.2) is 23.1 Å². The smallest absolute Gasteiger partial charge is 0.312 e. The van der Waals surface area contributed by atoms with Gasteiger partial charge in [-0.25, -0.2) is 8.42 Å². The number of aromatic hydroxyl groups is 1. The Balaban J connectivity index is 2.47. The maximum absolute atomic E-state index is 12.5. The molecule has 10 heteroatoms. The third-order valence-electron chi connectivity index (χ3n) is 3.09.